The van der Waals surface area contributed by atoms with Crippen molar-refractivity contribution in [1.29, 1.82) is 0 Å². The molecule has 0 radical (unpaired) electrons. The van der Waals surface area contributed by atoms with Gasteiger partial charge in [0.15, 0.2) is 0 Å². The first kappa shape index (κ1) is 47.2. The molecule has 0 spiro atoms. The van der Waals surface area contributed by atoms with Gasteiger partial charge in [0.1, 0.15) is 17.2 Å². The predicted molar refractivity (Wildman–Crippen MR) is 252 cm³/mol. The van der Waals surface area contributed by atoms with Crippen LogP contribution in [0.15, 0.2) is 120 Å². The van der Waals surface area contributed by atoms with Gasteiger partial charge in [-0.05, 0) is 140 Å². The van der Waals surface area contributed by atoms with Gasteiger partial charge in [-0.2, -0.15) is 0 Å². The number of hydrogen-bond donors (Lipinski definition) is 0. The number of nitrogens with zero attached hydrogens (tertiary/aromatic N) is 1. The SMILES string of the molecule is CCCCCCCCCCCCc1ccc(OC(=O)c2ccc(OC(=O)c3cccc(N=Cc4ccc(OC(=O)c5ccc(CCCCCCCC)cc5)cc4)c3C)cc2)cc1. The molecule has 0 fully saturated rings. The Hall–Kier alpha value is -5.82. The van der Waals surface area contributed by atoms with Crippen LogP contribution < -0.4 is 14.2 Å². The van der Waals surface area contributed by atoms with Gasteiger partial charge in [0.05, 0.1) is 22.4 Å². The number of ether oxygens (including phenoxy) is 3. The zero-order valence-electron chi connectivity index (χ0n) is 37.2. The molecule has 326 valence electrons. The van der Waals surface area contributed by atoms with Crippen molar-refractivity contribution in [1.82, 2.24) is 0 Å². The van der Waals surface area contributed by atoms with Crippen molar-refractivity contribution in [3.8, 4) is 17.2 Å². The summed E-state index contributed by atoms with van der Waals surface area (Å²) in [6.45, 7) is 6.30. The molecule has 0 heterocycles. The normalized spacial score (nSPS) is 11.1. The summed E-state index contributed by atoms with van der Waals surface area (Å²) >= 11 is 0. The van der Waals surface area contributed by atoms with Crippen LogP contribution in [0.4, 0.5) is 5.69 Å². The number of carbonyl (C=O) groups excluding carboxylic acids is 3. The fourth-order valence-corrected chi connectivity index (χ4v) is 7.36. The van der Waals surface area contributed by atoms with Crippen LogP contribution in [0.1, 0.15) is 170 Å². The van der Waals surface area contributed by atoms with Gasteiger partial charge in [-0.3, -0.25) is 4.99 Å². The number of aryl methyl sites for hydroxylation is 2. The Kier molecular flexibility index (Phi) is 20.2. The molecule has 5 aromatic carbocycles. The number of carbonyl (C=O) groups is 3. The molecule has 0 aliphatic heterocycles. The fourth-order valence-electron chi connectivity index (χ4n) is 7.36. The zero-order chi connectivity index (χ0) is 43.8. The quantitative estimate of drug-likeness (QED) is 0.0238. The summed E-state index contributed by atoms with van der Waals surface area (Å²) in [5.74, 6) is -0.191. The predicted octanol–water partition coefficient (Wildman–Crippen LogP) is 14.8. The third-order valence-corrected chi connectivity index (χ3v) is 11.2. The van der Waals surface area contributed by atoms with Gasteiger partial charge in [0, 0.05) is 6.21 Å². The van der Waals surface area contributed by atoms with Crippen LogP contribution in [0.3, 0.4) is 0 Å². The number of unbranched alkanes of at least 4 members (excludes halogenated alkanes) is 14. The highest BCUT2D eigenvalue weighted by atomic mass is 16.5. The lowest BCUT2D eigenvalue weighted by Crippen LogP contribution is -2.11. The van der Waals surface area contributed by atoms with Crippen molar-refractivity contribution in [2.45, 2.75) is 136 Å². The van der Waals surface area contributed by atoms with E-state index in [1.165, 1.54) is 101 Å². The first-order chi connectivity index (χ1) is 30.3. The van der Waals surface area contributed by atoms with Crippen LogP contribution in [-0.2, 0) is 12.8 Å². The third kappa shape index (κ3) is 16.2. The minimum Gasteiger partial charge on any atom is -0.423 e. The van der Waals surface area contributed by atoms with E-state index in [1.807, 2.05) is 73.7 Å². The molecular weight excluding hydrogens is 771 g/mol. The van der Waals surface area contributed by atoms with Crippen molar-refractivity contribution < 1.29 is 28.6 Å². The molecule has 62 heavy (non-hydrogen) atoms. The summed E-state index contributed by atoms with van der Waals surface area (Å²) in [5, 5.41) is 0. The molecule has 0 saturated heterocycles. The lowest BCUT2D eigenvalue weighted by molar-refractivity contribution is 0.0723. The largest absolute Gasteiger partial charge is 0.423 e. The van der Waals surface area contributed by atoms with E-state index in [2.05, 4.69) is 18.8 Å². The van der Waals surface area contributed by atoms with Gasteiger partial charge < -0.3 is 14.2 Å². The van der Waals surface area contributed by atoms with Crippen molar-refractivity contribution in [3.63, 3.8) is 0 Å². The van der Waals surface area contributed by atoms with Crippen LogP contribution in [0.5, 0.6) is 17.2 Å². The molecular formula is C55H65NO6. The number of benzene rings is 5. The van der Waals surface area contributed by atoms with Gasteiger partial charge in [0.2, 0.25) is 0 Å². The minimum atomic E-state index is -0.536. The second-order valence-electron chi connectivity index (χ2n) is 16.3. The van der Waals surface area contributed by atoms with Gasteiger partial charge in [-0.1, -0.05) is 134 Å². The summed E-state index contributed by atoms with van der Waals surface area (Å²) in [7, 11) is 0. The van der Waals surface area contributed by atoms with E-state index >= 15 is 0 Å². The molecule has 0 aliphatic rings. The average molecular weight is 836 g/mol. The fraction of sp³-hybridized carbons (Fsp3) is 0.382. The summed E-state index contributed by atoms with van der Waals surface area (Å²) in [6.07, 6.45) is 24.4. The van der Waals surface area contributed by atoms with E-state index < -0.39 is 17.9 Å². The van der Waals surface area contributed by atoms with Crippen LogP contribution >= 0.6 is 0 Å². The first-order valence-corrected chi connectivity index (χ1v) is 23.0. The molecule has 0 aliphatic carbocycles. The number of hydrogen-bond acceptors (Lipinski definition) is 7. The molecule has 0 N–H and O–H groups in total. The summed E-state index contributed by atoms with van der Waals surface area (Å²) < 4.78 is 16.9. The van der Waals surface area contributed by atoms with E-state index in [4.69, 9.17) is 14.2 Å². The van der Waals surface area contributed by atoms with Crippen molar-refractivity contribution in [2.75, 3.05) is 0 Å². The topological polar surface area (TPSA) is 91.3 Å². The van der Waals surface area contributed by atoms with Gasteiger partial charge >= 0.3 is 17.9 Å². The molecule has 0 aromatic heterocycles. The van der Waals surface area contributed by atoms with Gasteiger partial charge in [-0.25, -0.2) is 14.4 Å². The minimum absolute atomic E-state index is 0.303. The smallest absolute Gasteiger partial charge is 0.343 e. The number of esters is 3. The average Bonchev–Trinajstić information content (AvgIpc) is 3.29. The van der Waals surface area contributed by atoms with E-state index in [1.54, 1.807) is 54.7 Å². The molecule has 0 atom stereocenters. The monoisotopic (exact) mass is 835 g/mol. The summed E-state index contributed by atoms with van der Waals surface area (Å²) in [5.41, 5.74) is 5.77. The third-order valence-electron chi connectivity index (χ3n) is 11.2. The van der Waals surface area contributed by atoms with Crippen molar-refractivity contribution >= 4 is 29.8 Å². The van der Waals surface area contributed by atoms with E-state index in [9.17, 15) is 14.4 Å². The molecule has 5 rings (SSSR count). The Morgan fingerprint density at radius 2 is 0.839 bits per heavy atom. The second kappa shape index (κ2) is 26.5. The van der Waals surface area contributed by atoms with Crippen molar-refractivity contribution in [3.05, 3.63) is 154 Å². The maximum absolute atomic E-state index is 13.2. The Balaban J connectivity index is 1.04. The zero-order valence-corrected chi connectivity index (χ0v) is 37.2. The van der Waals surface area contributed by atoms with Crippen LogP contribution in [0, 0.1) is 6.92 Å². The van der Waals surface area contributed by atoms with Crippen LogP contribution in [0.2, 0.25) is 0 Å². The molecule has 7 nitrogen and oxygen atoms in total. The summed E-state index contributed by atoms with van der Waals surface area (Å²) in [4.78, 5) is 43.5. The lowest BCUT2D eigenvalue weighted by Gasteiger charge is -2.10. The molecule has 5 aromatic rings. The number of rotatable bonds is 26. The standard InChI is InChI=1S/C55H65NO6/c1-4-6-8-10-12-13-14-15-17-19-22-44-27-35-48(36-28-44)60-54(58)47-33-39-50(40-34-47)62-55(59)51-23-20-24-52(42(51)3)56-41-45-29-37-49(38-30-45)61-53(57)46-31-25-43(26-32-46)21-18-16-11-9-7-5-2/h20,23-41H,4-19,21-22H2,1-3H3. The van der Waals surface area contributed by atoms with E-state index in [0.29, 0.717) is 45.2 Å². The van der Waals surface area contributed by atoms with E-state index in [0.717, 1.165) is 31.2 Å². The lowest BCUT2D eigenvalue weighted by atomic mass is 10.0. The Labute approximate surface area is 370 Å². The maximum atomic E-state index is 13.2. The highest BCUT2D eigenvalue weighted by Gasteiger charge is 2.16. The molecule has 0 amide bonds. The van der Waals surface area contributed by atoms with Crippen LogP contribution in [0.25, 0.3) is 0 Å². The molecule has 7 heteroatoms. The number of aliphatic imine (C=N–C) groups is 1. The Morgan fingerprint density at radius 1 is 0.452 bits per heavy atom. The Morgan fingerprint density at radius 3 is 1.32 bits per heavy atom. The highest BCUT2D eigenvalue weighted by Crippen LogP contribution is 2.25. The summed E-state index contributed by atoms with van der Waals surface area (Å²) in [6, 6.07) is 34.1. The van der Waals surface area contributed by atoms with Crippen molar-refractivity contribution in [2.24, 2.45) is 4.99 Å². The van der Waals surface area contributed by atoms with Gasteiger partial charge in [0.25, 0.3) is 0 Å². The first-order valence-electron chi connectivity index (χ1n) is 23.0. The molecule has 0 saturated carbocycles. The Bertz CT molecular complexity index is 2140. The molecule has 0 unspecified atom stereocenters. The van der Waals surface area contributed by atoms with E-state index in [-0.39, 0.29) is 0 Å². The molecule has 0 bridgehead atoms. The van der Waals surface area contributed by atoms with Crippen LogP contribution in [-0.4, -0.2) is 24.1 Å². The highest BCUT2D eigenvalue weighted by molar-refractivity contribution is 5.95. The maximum Gasteiger partial charge on any atom is 0.343 e. The van der Waals surface area contributed by atoms with Gasteiger partial charge in [-0.15, -0.1) is 0 Å². The second-order valence-corrected chi connectivity index (χ2v) is 16.3.